The lowest BCUT2D eigenvalue weighted by Gasteiger charge is -2.12. The molecule has 3 nitrogen and oxygen atoms in total. The van der Waals surface area contributed by atoms with Crippen LogP contribution < -0.4 is 0 Å². The third kappa shape index (κ3) is 3.06. The van der Waals surface area contributed by atoms with Crippen molar-refractivity contribution in [2.75, 3.05) is 0 Å². The van der Waals surface area contributed by atoms with E-state index in [4.69, 9.17) is 0 Å². The van der Waals surface area contributed by atoms with Crippen LogP contribution in [0.25, 0.3) is 49.4 Å². The van der Waals surface area contributed by atoms with Crippen LogP contribution in [0.3, 0.4) is 0 Å². The zero-order valence-electron chi connectivity index (χ0n) is 18.0. The molecule has 0 aliphatic carbocycles. The predicted molar refractivity (Wildman–Crippen MR) is 137 cm³/mol. The van der Waals surface area contributed by atoms with E-state index in [9.17, 15) is 0 Å². The molecule has 4 aromatic carbocycles. The van der Waals surface area contributed by atoms with Gasteiger partial charge in [0.1, 0.15) is 0 Å². The second-order valence-corrected chi connectivity index (χ2v) is 8.59. The number of nitrogens with zero attached hydrogens (tertiary/aromatic N) is 3. The molecule has 0 radical (unpaired) electrons. The van der Waals surface area contributed by atoms with Gasteiger partial charge in [-0.1, -0.05) is 72.8 Å². The van der Waals surface area contributed by atoms with Gasteiger partial charge in [-0.3, -0.25) is 0 Å². The van der Waals surface area contributed by atoms with Gasteiger partial charge in [-0.25, -0.2) is 0 Å². The van der Waals surface area contributed by atoms with E-state index >= 15 is 0 Å². The predicted octanol–water partition coefficient (Wildman–Crippen LogP) is 7.52. The molecule has 0 bridgehead atoms. The Morgan fingerprint density at radius 3 is 0.727 bits per heavy atom. The summed E-state index contributed by atoms with van der Waals surface area (Å²) < 4.78 is 6.68. The molecular formula is C30H21N3. The summed E-state index contributed by atoms with van der Waals surface area (Å²) in [5.74, 6) is 0. The maximum Gasteiger partial charge on any atom is 0.0491 e. The van der Waals surface area contributed by atoms with E-state index in [0.29, 0.717) is 0 Å². The average molecular weight is 424 g/mol. The molecule has 33 heavy (non-hydrogen) atoms. The SMILES string of the molecule is c1ccc2cn(-c3cc(-n4cc5ccccc5c4)cc(-n4cc5ccccc5c4)c3)cc2c1. The van der Waals surface area contributed by atoms with Crippen LogP contribution in [0.4, 0.5) is 0 Å². The smallest absolute Gasteiger partial charge is 0.0491 e. The molecule has 0 unspecified atom stereocenters. The minimum absolute atomic E-state index is 1.13. The lowest BCUT2D eigenvalue weighted by atomic mass is 10.2. The molecule has 0 saturated heterocycles. The summed E-state index contributed by atoms with van der Waals surface area (Å²) in [5, 5.41) is 7.43. The van der Waals surface area contributed by atoms with Crippen molar-refractivity contribution in [2.24, 2.45) is 0 Å². The number of rotatable bonds is 3. The van der Waals surface area contributed by atoms with Crippen LogP contribution in [0.2, 0.25) is 0 Å². The molecule has 0 saturated carbocycles. The summed E-state index contributed by atoms with van der Waals surface area (Å²) in [7, 11) is 0. The molecule has 0 amide bonds. The van der Waals surface area contributed by atoms with E-state index in [1.54, 1.807) is 0 Å². The highest BCUT2D eigenvalue weighted by Gasteiger charge is 2.09. The lowest BCUT2D eigenvalue weighted by molar-refractivity contribution is 1.01. The summed E-state index contributed by atoms with van der Waals surface area (Å²) in [6.07, 6.45) is 13.2. The molecule has 156 valence electrons. The Morgan fingerprint density at radius 2 is 0.515 bits per heavy atom. The van der Waals surface area contributed by atoms with E-state index in [0.717, 1.165) is 17.1 Å². The van der Waals surface area contributed by atoms with Crippen LogP contribution in [0.5, 0.6) is 0 Å². The third-order valence-corrected chi connectivity index (χ3v) is 6.44. The highest BCUT2D eigenvalue weighted by atomic mass is 15.0. The molecule has 0 N–H and O–H groups in total. The Morgan fingerprint density at radius 1 is 0.303 bits per heavy atom. The lowest BCUT2D eigenvalue weighted by Crippen LogP contribution is -1.99. The first kappa shape index (κ1) is 18.1. The number of hydrogen-bond donors (Lipinski definition) is 0. The molecule has 0 aliphatic heterocycles. The molecule has 7 rings (SSSR count). The Balaban J connectivity index is 1.46. The number of aromatic nitrogens is 3. The van der Waals surface area contributed by atoms with Crippen molar-refractivity contribution in [3.05, 3.63) is 128 Å². The fraction of sp³-hybridized carbons (Fsp3) is 0. The molecule has 0 spiro atoms. The minimum atomic E-state index is 1.13. The third-order valence-electron chi connectivity index (χ3n) is 6.44. The van der Waals surface area contributed by atoms with E-state index in [-0.39, 0.29) is 0 Å². The van der Waals surface area contributed by atoms with Crippen molar-refractivity contribution in [1.29, 1.82) is 0 Å². The highest BCUT2D eigenvalue weighted by molar-refractivity contribution is 5.85. The molecule has 0 fully saturated rings. The van der Waals surface area contributed by atoms with Crippen LogP contribution in [0, 0.1) is 0 Å². The summed E-state index contributed by atoms with van der Waals surface area (Å²) in [4.78, 5) is 0. The normalized spacial score (nSPS) is 11.6. The largest absolute Gasteiger partial charge is 0.322 e. The first-order valence-corrected chi connectivity index (χ1v) is 11.2. The van der Waals surface area contributed by atoms with Gasteiger partial charge in [0.2, 0.25) is 0 Å². The highest BCUT2D eigenvalue weighted by Crippen LogP contribution is 2.27. The Labute approximate surface area is 191 Å². The maximum atomic E-state index is 2.25. The van der Waals surface area contributed by atoms with Crippen molar-refractivity contribution in [2.45, 2.75) is 0 Å². The van der Waals surface area contributed by atoms with Gasteiger partial charge in [0, 0.05) is 54.2 Å². The maximum absolute atomic E-state index is 2.25. The van der Waals surface area contributed by atoms with Crippen LogP contribution in [0.15, 0.2) is 128 Å². The van der Waals surface area contributed by atoms with Gasteiger partial charge in [-0.05, 0) is 50.5 Å². The molecule has 3 heteroatoms. The monoisotopic (exact) mass is 423 g/mol. The summed E-state index contributed by atoms with van der Waals surface area (Å²) >= 11 is 0. The summed E-state index contributed by atoms with van der Waals surface area (Å²) in [6, 6.07) is 32.3. The van der Waals surface area contributed by atoms with Crippen molar-refractivity contribution in [3.8, 4) is 17.1 Å². The topological polar surface area (TPSA) is 14.8 Å². The van der Waals surface area contributed by atoms with Crippen molar-refractivity contribution in [1.82, 2.24) is 13.7 Å². The van der Waals surface area contributed by atoms with Gasteiger partial charge in [-0.2, -0.15) is 0 Å². The zero-order valence-corrected chi connectivity index (χ0v) is 18.0. The van der Waals surface area contributed by atoms with Gasteiger partial charge < -0.3 is 13.7 Å². The molecule has 3 aromatic heterocycles. The van der Waals surface area contributed by atoms with Crippen LogP contribution >= 0.6 is 0 Å². The van der Waals surface area contributed by atoms with E-state index in [2.05, 4.69) is 142 Å². The van der Waals surface area contributed by atoms with Crippen LogP contribution in [-0.2, 0) is 0 Å². The molecule has 7 aromatic rings. The second kappa shape index (κ2) is 7.01. The quantitative estimate of drug-likeness (QED) is 0.279. The van der Waals surface area contributed by atoms with E-state index < -0.39 is 0 Å². The van der Waals surface area contributed by atoms with Gasteiger partial charge in [0.15, 0.2) is 0 Å². The Bertz CT molecular complexity index is 1460. The zero-order chi connectivity index (χ0) is 21.8. The van der Waals surface area contributed by atoms with E-state index in [1.165, 1.54) is 32.3 Å². The van der Waals surface area contributed by atoms with Gasteiger partial charge in [0.05, 0.1) is 0 Å². The number of fused-ring (bicyclic) bond motifs is 3. The summed E-state index contributed by atoms with van der Waals surface area (Å²) in [5.41, 5.74) is 3.40. The molecular weight excluding hydrogens is 402 g/mol. The minimum Gasteiger partial charge on any atom is -0.322 e. The van der Waals surface area contributed by atoms with Crippen molar-refractivity contribution in [3.63, 3.8) is 0 Å². The fourth-order valence-corrected chi connectivity index (χ4v) is 4.72. The first-order chi connectivity index (χ1) is 16.3. The molecule has 3 heterocycles. The average Bonchev–Trinajstić information content (AvgIpc) is 3.59. The van der Waals surface area contributed by atoms with Crippen molar-refractivity contribution >= 4 is 32.3 Å². The standard InChI is InChI=1S/C30H21N3/c1-2-8-23-17-31(16-22(23)7-1)28-13-29(32-18-24-9-3-4-10-25(24)19-32)15-30(14-28)33-20-26-11-5-6-12-27(26)21-33/h1-21H. The first-order valence-electron chi connectivity index (χ1n) is 11.2. The molecule has 0 aliphatic rings. The second-order valence-electron chi connectivity index (χ2n) is 8.59. The van der Waals surface area contributed by atoms with E-state index in [1.807, 2.05) is 0 Å². The summed E-state index contributed by atoms with van der Waals surface area (Å²) in [6.45, 7) is 0. The van der Waals surface area contributed by atoms with Gasteiger partial charge in [-0.15, -0.1) is 0 Å². The number of hydrogen-bond acceptors (Lipinski definition) is 0. The van der Waals surface area contributed by atoms with Gasteiger partial charge in [0.25, 0.3) is 0 Å². The fourth-order valence-electron chi connectivity index (χ4n) is 4.72. The number of benzene rings is 4. The Kier molecular flexibility index (Phi) is 3.84. The van der Waals surface area contributed by atoms with Gasteiger partial charge >= 0.3 is 0 Å². The molecule has 0 atom stereocenters. The van der Waals surface area contributed by atoms with Crippen molar-refractivity contribution < 1.29 is 0 Å². The van der Waals surface area contributed by atoms with Crippen LogP contribution in [0.1, 0.15) is 0 Å². The van der Waals surface area contributed by atoms with Crippen LogP contribution in [-0.4, -0.2) is 13.7 Å². The Hall–Kier alpha value is -4.50.